The van der Waals surface area contributed by atoms with Crippen LogP contribution in [0.3, 0.4) is 0 Å². The van der Waals surface area contributed by atoms with E-state index in [9.17, 15) is 4.39 Å². The molecule has 2 aliphatic rings. The Hall–Kier alpha value is -1.13. The Morgan fingerprint density at radius 2 is 1.95 bits per heavy atom. The normalized spacial score (nSPS) is 23.7. The first kappa shape index (κ1) is 13.8. The number of likely N-dealkylation sites (tertiary alicyclic amines) is 1. The number of hydrogen-bond acceptors (Lipinski definition) is 3. The molecule has 20 heavy (non-hydrogen) atoms. The van der Waals surface area contributed by atoms with E-state index in [4.69, 9.17) is 5.73 Å². The topological polar surface area (TPSA) is 32.5 Å². The van der Waals surface area contributed by atoms with Gasteiger partial charge in [0.2, 0.25) is 0 Å². The number of anilines is 1. The van der Waals surface area contributed by atoms with Crippen molar-refractivity contribution in [1.82, 2.24) is 4.90 Å². The van der Waals surface area contributed by atoms with E-state index < -0.39 is 0 Å². The standard InChI is InChI=1S/C16H24FN3/c17-14-9-13(3-5-18)10-16(11-14)20-8-4-15(12-20)19-6-1-2-7-19/h9-11,15H,1-8,12,18H2. The minimum Gasteiger partial charge on any atom is -0.370 e. The van der Waals surface area contributed by atoms with Gasteiger partial charge in [0.25, 0.3) is 0 Å². The van der Waals surface area contributed by atoms with Gasteiger partial charge < -0.3 is 10.6 Å². The average Bonchev–Trinajstić information content (AvgIpc) is 3.10. The van der Waals surface area contributed by atoms with Crippen molar-refractivity contribution < 1.29 is 4.39 Å². The summed E-state index contributed by atoms with van der Waals surface area (Å²) in [5.41, 5.74) is 7.61. The van der Waals surface area contributed by atoms with Crippen molar-refractivity contribution in [3.8, 4) is 0 Å². The third kappa shape index (κ3) is 2.96. The maximum Gasteiger partial charge on any atom is 0.125 e. The van der Waals surface area contributed by atoms with Crippen LogP contribution in [0.4, 0.5) is 10.1 Å². The minimum atomic E-state index is -0.143. The second-order valence-electron chi connectivity index (χ2n) is 5.99. The van der Waals surface area contributed by atoms with Gasteiger partial charge >= 0.3 is 0 Å². The van der Waals surface area contributed by atoms with E-state index >= 15 is 0 Å². The summed E-state index contributed by atoms with van der Waals surface area (Å²) in [6.45, 7) is 5.11. The van der Waals surface area contributed by atoms with Crippen molar-refractivity contribution in [2.45, 2.75) is 31.7 Å². The third-order valence-electron chi connectivity index (χ3n) is 4.56. The van der Waals surface area contributed by atoms with Gasteiger partial charge in [-0.1, -0.05) is 0 Å². The van der Waals surface area contributed by atoms with E-state index in [1.54, 1.807) is 12.1 Å². The molecule has 0 saturated carbocycles. The molecule has 1 unspecified atom stereocenters. The van der Waals surface area contributed by atoms with Gasteiger partial charge in [-0.05, 0) is 69.1 Å². The average molecular weight is 277 g/mol. The molecule has 4 heteroatoms. The fraction of sp³-hybridized carbons (Fsp3) is 0.625. The first-order valence-corrected chi connectivity index (χ1v) is 7.75. The molecule has 2 fully saturated rings. The predicted octanol–water partition coefficient (Wildman–Crippen LogP) is 2.00. The molecule has 110 valence electrons. The van der Waals surface area contributed by atoms with Gasteiger partial charge in [0.05, 0.1) is 0 Å². The lowest BCUT2D eigenvalue weighted by Gasteiger charge is -2.24. The van der Waals surface area contributed by atoms with Gasteiger partial charge in [-0.25, -0.2) is 4.39 Å². The molecule has 2 aliphatic heterocycles. The van der Waals surface area contributed by atoms with Crippen molar-refractivity contribution in [2.75, 3.05) is 37.6 Å². The van der Waals surface area contributed by atoms with Gasteiger partial charge in [0.1, 0.15) is 5.82 Å². The van der Waals surface area contributed by atoms with Crippen LogP contribution in [0.5, 0.6) is 0 Å². The van der Waals surface area contributed by atoms with Crippen LogP contribution < -0.4 is 10.6 Å². The highest BCUT2D eigenvalue weighted by molar-refractivity contribution is 5.50. The van der Waals surface area contributed by atoms with Crippen molar-refractivity contribution in [1.29, 1.82) is 0 Å². The molecule has 0 spiro atoms. The lowest BCUT2D eigenvalue weighted by atomic mass is 10.1. The highest BCUT2D eigenvalue weighted by Crippen LogP contribution is 2.26. The third-order valence-corrected chi connectivity index (χ3v) is 4.56. The number of nitrogens with zero attached hydrogens (tertiary/aromatic N) is 2. The van der Waals surface area contributed by atoms with Gasteiger partial charge in [0.15, 0.2) is 0 Å². The van der Waals surface area contributed by atoms with E-state index in [1.165, 1.54) is 32.4 Å². The van der Waals surface area contributed by atoms with Crippen LogP contribution in [-0.4, -0.2) is 43.7 Å². The smallest absolute Gasteiger partial charge is 0.125 e. The Morgan fingerprint density at radius 1 is 1.15 bits per heavy atom. The minimum absolute atomic E-state index is 0.143. The monoisotopic (exact) mass is 277 g/mol. The molecule has 0 aliphatic carbocycles. The van der Waals surface area contributed by atoms with Gasteiger partial charge in [-0.2, -0.15) is 0 Å². The maximum atomic E-state index is 13.7. The SMILES string of the molecule is NCCc1cc(F)cc(N2CCC(N3CCCC3)C2)c1. The Kier molecular flexibility index (Phi) is 4.22. The molecule has 0 bridgehead atoms. The van der Waals surface area contributed by atoms with Crippen LogP contribution in [-0.2, 0) is 6.42 Å². The fourth-order valence-electron chi connectivity index (χ4n) is 3.51. The second kappa shape index (κ2) is 6.10. The van der Waals surface area contributed by atoms with Crippen LogP contribution in [0.2, 0.25) is 0 Å². The maximum absolute atomic E-state index is 13.7. The summed E-state index contributed by atoms with van der Waals surface area (Å²) in [7, 11) is 0. The second-order valence-corrected chi connectivity index (χ2v) is 5.99. The lowest BCUT2D eigenvalue weighted by molar-refractivity contribution is 0.260. The van der Waals surface area contributed by atoms with Crippen molar-refractivity contribution in [2.24, 2.45) is 5.73 Å². The molecule has 0 aromatic heterocycles. The summed E-state index contributed by atoms with van der Waals surface area (Å²) in [5.74, 6) is -0.143. The summed E-state index contributed by atoms with van der Waals surface area (Å²) in [6, 6.07) is 6.01. The van der Waals surface area contributed by atoms with Gasteiger partial charge in [-0.15, -0.1) is 0 Å². The molecule has 1 aromatic rings. The van der Waals surface area contributed by atoms with Crippen LogP contribution in [0, 0.1) is 5.82 Å². The van der Waals surface area contributed by atoms with Crippen molar-refractivity contribution >= 4 is 5.69 Å². The molecular weight excluding hydrogens is 253 g/mol. The first-order valence-electron chi connectivity index (χ1n) is 7.75. The van der Waals surface area contributed by atoms with E-state index in [2.05, 4.69) is 15.9 Å². The summed E-state index contributed by atoms with van der Waals surface area (Å²) in [4.78, 5) is 4.92. The molecule has 2 saturated heterocycles. The molecule has 2 heterocycles. The highest BCUT2D eigenvalue weighted by Gasteiger charge is 2.29. The quantitative estimate of drug-likeness (QED) is 0.913. The Bertz CT molecular complexity index is 457. The van der Waals surface area contributed by atoms with Crippen LogP contribution in [0.15, 0.2) is 18.2 Å². The zero-order valence-electron chi connectivity index (χ0n) is 12.0. The van der Waals surface area contributed by atoms with E-state index in [0.717, 1.165) is 30.8 Å². The van der Waals surface area contributed by atoms with E-state index in [-0.39, 0.29) is 5.82 Å². The molecule has 2 N–H and O–H groups in total. The highest BCUT2D eigenvalue weighted by atomic mass is 19.1. The number of rotatable bonds is 4. The molecule has 0 amide bonds. The van der Waals surface area contributed by atoms with Gasteiger partial charge in [0, 0.05) is 24.8 Å². The largest absolute Gasteiger partial charge is 0.370 e. The number of halogens is 1. The van der Waals surface area contributed by atoms with Crippen LogP contribution >= 0.6 is 0 Å². The number of benzene rings is 1. The zero-order chi connectivity index (χ0) is 13.9. The summed E-state index contributed by atoms with van der Waals surface area (Å²) < 4.78 is 13.7. The summed E-state index contributed by atoms with van der Waals surface area (Å²) in [6.07, 6.45) is 4.60. The zero-order valence-corrected chi connectivity index (χ0v) is 12.0. The molecule has 3 rings (SSSR count). The van der Waals surface area contributed by atoms with Crippen molar-refractivity contribution in [3.63, 3.8) is 0 Å². The van der Waals surface area contributed by atoms with E-state index in [1.807, 2.05) is 0 Å². The Balaban J connectivity index is 1.70. The number of hydrogen-bond donors (Lipinski definition) is 1. The predicted molar refractivity (Wildman–Crippen MR) is 80.6 cm³/mol. The molecular formula is C16H24FN3. The molecule has 1 atom stereocenters. The van der Waals surface area contributed by atoms with Crippen LogP contribution in [0.25, 0.3) is 0 Å². The summed E-state index contributed by atoms with van der Waals surface area (Å²) in [5, 5.41) is 0. The Labute approximate surface area is 120 Å². The molecule has 3 nitrogen and oxygen atoms in total. The Morgan fingerprint density at radius 3 is 2.70 bits per heavy atom. The first-order chi connectivity index (χ1) is 9.76. The molecule has 0 radical (unpaired) electrons. The van der Waals surface area contributed by atoms with Crippen LogP contribution in [0.1, 0.15) is 24.8 Å². The molecule has 1 aromatic carbocycles. The fourth-order valence-corrected chi connectivity index (χ4v) is 3.51. The lowest BCUT2D eigenvalue weighted by Crippen LogP contribution is -2.35. The number of nitrogens with two attached hydrogens (primary N) is 1. The van der Waals surface area contributed by atoms with E-state index in [0.29, 0.717) is 12.6 Å². The van der Waals surface area contributed by atoms with Gasteiger partial charge in [-0.3, -0.25) is 4.90 Å². The van der Waals surface area contributed by atoms with Crippen molar-refractivity contribution in [3.05, 3.63) is 29.6 Å². The summed E-state index contributed by atoms with van der Waals surface area (Å²) >= 11 is 0.